The molecule has 26 heavy (non-hydrogen) atoms. The zero-order chi connectivity index (χ0) is 19.9. The third kappa shape index (κ3) is 6.95. The number of amides is 1. The highest BCUT2D eigenvalue weighted by molar-refractivity contribution is 8.14. The van der Waals surface area contributed by atoms with Crippen LogP contribution in [0.5, 0.6) is 11.5 Å². The van der Waals surface area contributed by atoms with E-state index in [-0.39, 0.29) is 16.7 Å². The number of carbonyl (C=O) groups excluding carboxylic acids is 3. The van der Waals surface area contributed by atoms with Crippen molar-refractivity contribution in [1.29, 1.82) is 0 Å². The maximum Gasteiger partial charge on any atom is 0.408 e. The van der Waals surface area contributed by atoms with E-state index in [1.807, 2.05) is 0 Å². The molecule has 8 heteroatoms. The minimum atomic E-state index is -0.777. The van der Waals surface area contributed by atoms with Crippen LogP contribution in [0.4, 0.5) is 4.79 Å². The average Bonchev–Trinajstić information content (AvgIpc) is 2.56. The minimum Gasteiger partial charge on any atom is -0.497 e. The predicted octanol–water partition coefficient (Wildman–Crippen LogP) is 3.06. The third-order valence-electron chi connectivity index (χ3n) is 3.14. The second-order valence-corrected chi connectivity index (χ2v) is 7.44. The standard InChI is InChI=1S/C18H25NO6S/c1-11(19-17(22)25-18(2,3)4)16(21)26-10-14(20)13-8-7-12(23-5)9-15(13)24-6/h7-9,11H,10H2,1-6H3,(H,19,22)/t11-/m0/s1. The molecule has 0 radical (unpaired) electrons. The summed E-state index contributed by atoms with van der Waals surface area (Å²) < 4.78 is 15.4. The number of thioether (sulfide) groups is 1. The number of methoxy groups -OCH3 is 2. The summed E-state index contributed by atoms with van der Waals surface area (Å²) in [7, 11) is 2.97. The molecule has 0 aliphatic carbocycles. The molecule has 0 heterocycles. The molecular formula is C18H25NO6S. The molecule has 7 nitrogen and oxygen atoms in total. The van der Waals surface area contributed by atoms with Crippen LogP contribution in [-0.2, 0) is 9.53 Å². The lowest BCUT2D eigenvalue weighted by Gasteiger charge is -2.21. The van der Waals surface area contributed by atoms with Gasteiger partial charge in [-0.2, -0.15) is 0 Å². The quantitative estimate of drug-likeness (QED) is 0.724. The lowest BCUT2D eigenvalue weighted by atomic mass is 10.1. The van der Waals surface area contributed by atoms with Gasteiger partial charge < -0.3 is 19.5 Å². The van der Waals surface area contributed by atoms with E-state index in [1.54, 1.807) is 39.0 Å². The van der Waals surface area contributed by atoms with E-state index in [9.17, 15) is 14.4 Å². The van der Waals surface area contributed by atoms with E-state index >= 15 is 0 Å². The molecule has 0 aliphatic heterocycles. The summed E-state index contributed by atoms with van der Waals surface area (Å²) in [5.74, 6) is 0.619. The Labute approximate surface area is 157 Å². The Kier molecular flexibility index (Phi) is 7.95. The van der Waals surface area contributed by atoms with Gasteiger partial charge in [0.1, 0.15) is 17.1 Å². The fourth-order valence-electron chi connectivity index (χ4n) is 1.91. The fraction of sp³-hybridized carbons (Fsp3) is 0.500. The molecule has 0 fully saturated rings. The highest BCUT2D eigenvalue weighted by Gasteiger charge is 2.22. The zero-order valence-electron chi connectivity index (χ0n) is 15.9. The molecule has 1 rings (SSSR count). The maximum absolute atomic E-state index is 12.4. The van der Waals surface area contributed by atoms with Crippen LogP contribution in [0.1, 0.15) is 38.1 Å². The number of benzene rings is 1. The number of nitrogens with one attached hydrogen (secondary N) is 1. The second-order valence-electron chi connectivity index (χ2n) is 6.47. The number of alkyl carbamates (subject to hydrolysis) is 1. The van der Waals surface area contributed by atoms with E-state index < -0.39 is 17.7 Å². The number of hydrogen-bond donors (Lipinski definition) is 1. The van der Waals surface area contributed by atoms with Crippen molar-refractivity contribution >= 4 is 28.8 Å². The van der Waals surface area contributed by atoms with E-state index in [0.29, 0.717) is 17.1 Å². The summed E-state index contributed by atoms with van der Waals surface area (Å²) in [6.45, 7) is 6.73. The number of rotatable bonds is 7. The number of carbonyl (C=O) groups is 3. The van der Waals surface area contributed by atoms with Crippen LogP contribution in [0.25, 0.3) is 0 Å². The molecule has 1 N–H and O–H groups in total. The van der Waals surface area contributed by atoms with Crippen molar-refractivity contribution in [2.45, 2.75) is 39.3 Å². The summed E-state index contributed by atoms with van der Waals surface area (Å²) in [6.07, 6.45) is -0.679. The van der Waals surface area contributed by atoms with Gasteiger partial charge in [0.05, 0.1) is 31.6 Å². The van der Waals surface area contributed by atoms with Crippen LogP contribution in [0.15, 0.2) is 18.2 Å². The van der Waals surface area contributed by atoms with Gasteiger partial charge in [-0.3, -0.25) is 9.59 Å². The van der Waals surface area contributed by atoms with E-state index in [1.165, 1.54) is 21.1 Å². The average molecular weight is 383 g/mol. The molecule has 0 saturated carbocycles. The van der Waals surface area contributed by atoms with Crippen molar-refractivity contribution in [1.82, 2.24) is 5.32 Å². The number of ketones is 1. The lowest BCUT2D eigenvalue weighted by Crippen LogP contribution is -2.41. The zero-order valence-corrected chi connectivity index (χ0v) is 16.7. The first-order valence-corrected chi connectivity index (χ1v) is 8.97. The largest absolute Gasteiger partial charge is 0.497 e. The van der Waals surface area contributed by atoms with Crippen LogP contribution in [0.3, 0.4) is 0 Å². The van der Waals surface area contributed by atoms with Crippen LogP contribution in [-0.4, -0.2) is 48.6 Å². The third-order valence-corrected chi connectivity index (χ3v) is 4.19. The molecule has 0 bridgehead atoms. The normalized spacial score (nSPS) is 12.1. The molecule has 0 aromatic heterocycles. The molecule has 1 aromatic rings. The first-order chi connectivity index (χ1) is 12.1. The summed E-state index contributed by atoms with van der Waals surface area (Å²) in [5.41, 5.74) is -0.290. The Balaban J connectivity index is 2.61. The van der Waals surface area contributed by atoms with E-state index in [0.717, 1.165) is 11.8 Å². The molecule has 0 spiro atoms. The molecule has 0 aliphatic rings. The molecule has 1 amide bonds. The van der Waals surface area contributed by atoms with Gasteiger partial charge >= 0.3 is 6.09 Å². The van der Waals surface area contributed by atoms with Crippen molar-refractivity contribution in [3.05, 3.63) is 23.8 Å². The van der Waals surface area contributed by atoms with Crippen molar-refractivity contribution in [3.8, 4) is 11.5 Å². The molecule has 0 saturated heterocycles. The SMILES string of the molecule is COc1ccc(C(=O)CSC(=O)[C@H](C)NC(=O)OC(C)(C)C)c(OC)c1. The molecular weight excluding hydrogens is 358 g/mol. The molecule has 144 valence electrons. The smallest absolute Gasteiger partial charge is 0.408 e. The summed E-state index contributed by atoms with van der Waals surface area (Å²) in [5, 5.41) is 2.12. The van der Waals surface area contributed by atoms with Crippen LogP contribution in [0.2, 0.25) is 0 Å². The highest BCUT2D eigenvalue weighted by Crippen LogP contribution is 2.26. The second kappa shape index (κ2) is 9.47. The highest BCUT2D eigenvalue weighted by atomic mass is 32.2. The van der Waals surface area contributed by atoms with E-state index in [4.69, 9.17) is 14.2 Å². The Hall–Kier alpha value is -2.22. The van der Waals surface area contributed by atoms with Gasteiger partial charge in [0.25, 0.3) is 0 Å². The van der Waals surface area contributed by atoms with Gasteiger partial charge in [0.15, 0.2) is 5.78 Å². The van der Waals surface area contributed by atoms with Gasteiger partial charge in [-0.15, -0.1) is 0 Å². The lowest BCUT2D eigenvalue weighted by molar-refractivity contribution is -0.112. The van der Waals surface area contributed by atoms with Crippen molar-refractivity contribution < 1.29 is 28.6 Å². The van der Waals surface area contributed by atoms with E-state index in [2.05, 4.69) is 5.32 Å². The molecule has 0 unspecified atom stereocenters. The Morgan fingerprint density at radius 3 is 2.35 bits per heavy atom. The first kappa shape index (κ1) is 21.8. The number of hydrogen-bond acceptors (Lipinski definition) is 7. The number of ether oxygens (including phenoxy) is 3. The van der Waals surface area contributed by atoms with Gasteiger partial charge in [-0.1, -0.05) is 11.8 Å². The number of Topliss-reactive ketones (excluding diaryl/α,β-unsaturated/α-hetero) is 1. The Morgan fingerprint density at radius 2 is 1.81 bits per heavy atom. The van der Waals surface area contributed by atoms with Gasteiger partial charge in [-0.05, 0) is 39.8 Å². The van der Waals surface area contributed by atoms with Crippen LogP contribution < -0.4 is 14.8 Å². The van der Waals surface area contributed by atoms with Crippen molar-refractivity contribution in [2.75, 3.05) is 20.0 Å². The van der Waals surface area contributed by atoms with Crippen molar-refractivity contribution in [3.63, 3.8) is 0 Å². The summed E-state index contributed by atoms with van der Waals surface area (Å²) in [6, 6.07) is 4.06. The molecule has 1 atom stereocenters. The van der Waals surface area contributed by atoms with Crippen LogP contribution in [0, 0.1) is 0 Å². The fourth-order valence-corrected chi connectivity index (χ4v) is 2.65. The van der Waals surface area contributed by atoms with Gasteiger partial charge in [-0.25, -0.2) is 4.79 Å². The first-order valence-electron chi connectivity index (χ1n) is 7.98. The molecule has 1 aromatic carbocycles. The minimum absolute atomic E-state index is 0.0676. The monoisotopic (exact) mass is 383 g/mol. The predicted molar refractivity (Wildman–Crippen MR) is 100 cm³/mol. The van der Waals surface area contributed by atoms with Crippen molar-refractivity contribution in [2.24, 2.45) is 0 Å². The van der Waals surface area contributed by atoms with Gasteiger partial charge in [0, 0.05) is 6.07 Å². The summed E-state index contributed by atoms with van der Waals surface area (Å²) >= 11 is 0.831. The maximum atomic E-state index is 12.4. The topological polar surface area (TPSA) is 90.9 Å². The Morgan fingerprint density at radius 1 is 1.15 bits per heavy atom. The van der Waals surface area contributed by atoms with Gasteiger partial charge in [0.2, 0.25) is 5.12 Å². The summed E-state index contributed by atoms with van der Waals surface area (Å²) in [4.78, 5) is 36.2. The van der Waals surface area contributed by atoms with Crippen LogP contribution >= 0.6 is 11.8 Å². The Bertz CT molecular complexity index is 668.